The Labute approximate surface area is 162 Å². The molecule has 0 aromatic carbocycles. The summed E-state index contributed by atoms with van der Waals surface area (Å²) in [4.78, 5) is 10.7. The number of hydrogen-bond acceptors (Lipinski definition) is 3. The molecule has 0 radical (unpaired) electrons. The zero-order valence-electron chi connectivity index (χ0n) is 16.4. The Morgan fingerprint density at radius 1 is 1.30 bits per heavy atom. The standard InChI is InChI=1S/C23H34O4/c1-23-11-10-21(25)18(20(23)12-14(23)4-2-7-22(26)27)9-8-15(24)13-19-16-5-3-6-17(16)19/h4,8-9,15-21,24-25H,2-3,5-7,10-13H2,1H3,(H,26,27)/t15?,16?,17?,18-,19?,20-,21-,23-/m0/s1. The van der Waals surface area contributed by atoms with Gasteiger partial charge in [-0.2, -0.15) is 0 Å². The Bertz CT molecular complexity index is 628. The summed E-state index contributed by atoms with van der Waals surface area (Å²) in [5.74, 6) is 2.24. The summed E-state index contributed by atoms with van der Waals surface area (Å²) in [7, 11) is 0. The molecular formula is C23H34O4. The predicted octanol–water partition coefficient (Wildman–Crippen LogP) is 3.93. The normalized spacial score (nSPS) is 45.4. The molecule has 4 nitrogen and oxygen atoms in total. The van der Waals surface area contributed by atoms with Crippen molar-refractivity contribution in [3.63, 3.8) is 0 Å². The molecule has 0 heterocycles. The van der Waals surface area contributed by atoms with E-state index in [9.17, 15) is 15.0 Å². The fourth-order valence-electron chi connectivity index (χ4n) is 6.50. The van der Waals surface area contributed by atoms with Gasteiger partial charge in [0, 0.05) is 12.3 Å². The molecule has 0 saturated heterocycles. The lowest BCUT2D eigenvalue weighted by Crippen LogP contribution is -2.51. The average molecular weight is 375 g/mol. The van der Waals surface area contributed by atoms with Crippen LogP contribution < -0.4 is 0 Å². The first-order chi connectivity index (χ1) is 12.9. The number of rotatable bonds is 7. The van der Waals surface area contributed by atoms with Crippen molar-refractivity contribution in [2.24, 2.45) is 35.0 Å². The van der Waals surface area contributed by atoms with Crippen LogP contribution in [0.15, 0.2) is 23.8 Å². The number of hydrogen-bond donors (Lipinski definition) is 3. The summed E-state index contributed by atoms with van der Waals surface area (Å²) in [6, 6.07) is 0. The number of aliphatic hydroxyl groups is 2. The second kappa shape index (κ2) is 7.36. The maximum absolute atomic E-state index is 10.7. The minimum atomic E-state index is -0.749. The van der Waals surface area contributed by atoms with Crippen LogP contribution in [0.2, 0.25) is 0 Å². The van der Waals surface area contributed by atoms with E-state index in [2.05, 4.69) is 19.1 Å². The summed E-state index contributed by atoms with van der Waals surface area (Å²) in [5.41, 5.74) is 1.45. The Morgan fingerprint density at radius 3 is 2.74 bits per heavy atom. The van der Waals surface area contributed by atoms with E-state index < -0.39 is 5.97 Å². The first-order valence-corrected chi connectivity index (χ1v) is 10.9. The summed E-state index contributed by atoms with van der Waals surface area (Å²) in [6.07, 6.45) is 13.9. The fourth-order valence-corrected chi connectivity index (χ4v) is 6.50. The van der Waals surface area contributed by atoms with Crippen LogP contribution in [0, 0.1) is 35.0 Å². The average Bonchev–Trinajstić information content (AvgIpc) is 3.03. The molecule has 27 heavy (non-hydrogen) atoms. The molecule has 3 unspecified atom stereocenters. The van der Waals surface area contributed by atoms with Gasteiger partial charge in [0.2, 0.25) is 0 Å². The molecule has 4 rings (SSSR count). The highest BCUT2D eigenvalue weighted by atomic mass is 16.4. The van der Waals surface area contributed by atoms with Gasteiger partial charge in [-0.3, -0.25) is 4.79 Å². The van der Waals surface area contributed by atoms with Gasteiger partial charge in [-0.25, -0.2) is 0 Å². The van der Waals surface area contributed by atoms with E-state index in [-0.39, 0.29) is 30.0 Å². The third-order valence-electron chi connectivity index (χ3n) is 8.26. The first kappa shape index (κ1) is 19.2. The van der Waals surface area contributed by atoms with E-state index in [0.29, 0.717) is 12.3 Å². The van der Waals surface area contributed by atoms with Crippen molar-refractivity contribution in [1.82, 2.24) is 0 Å². The molecule has 4 saturated carbocycles. The molecule has 0 aromatic rings. The highest BCUT2D eigenvalue weighted by molar-refractivity contribution is 5.66. The van der Waals surface area contributed by atoms with Gasteiger partial charge in [0.05, 0.1) is 12.2 Å². The molecular weight excluding hydrogens is 340 g/mol. The lowest BCUT2D eigenvalue weighted by atomic mass is 9.48. The zero-order chi connectivity index (χ0) is 19.2. The van der Waals surface area contributed by atoms with Crippen LogP contribution in [0.1, 0.15) is 64.7 Å². The number of carbonyl (C=O) groups is 1. The monoisotopic (exact) mass is 374 g/mol. The molecule has 0 bridgehead atoms. The predicted molar refractivity (Wildman–Crippen MR) is 104 cm³/mol. The Balaban J connectivity index is 1.34. The topological polar surface area (TPSA) is 77.8 Å². The van der Waals surface area contributed by atoms with Crippen LogP contribution in [0.5, 0.6) is 0 Å². The number of aliphatic hydroxyl groups excluding tert-OH is 2. The van der Waals surface area contributed by atoms with Crippen molar-refractivity contribution in [3.8, 4) is 0 Å². The van der Waals surface area contributed by atoms with Gasteiger partial charge in [-0.1, -0.05) is 37.1 Å². The van der Waals surface area contributed by atoms with Gasteiger partial charge in [0.1, 0.15) is 0 Å². The molecule has 4 fully saturated rings. The van der Waals surface area contributed by atoms with Crippen molar-refractivity contribution < 1.29 is 20.1 Å². The second-order valence-corrected chi connectivity index (χ2v) is 9.68. The van der Waals surface area contributed by atoms with Crippen LogP contribution in [-0.4, -0.2) is 33.5 Å². The maximum atomic E-state index is 10.7. The van der Waals surface area contributed by atoms with Crippen LogP contribution in [-0.2, 0) is 4.79 Å². The molecule has 0 aliphatic heterocycles. The van der Waals surface area contributed by atoms with Crippen LogP contribution >= 0.6 is 0 Å². The molecule has 7 atom stereocenters. The minimum absolute atomic E-state index is 0.0885. The van der Waals surface area contributed by atoms with Crippen molar-refractivity contribution in [2.45, 2.75) is 76.9 Å². The highest BCUT2D eigenvalue weighted by Gasteiger charge is 2.54. The largest absolute Gasteiger partial charge is 0.481 e. The molecule has 0 amide bonds. The zero-order valence-corrected chi connectivity index (χ0v) is 16.4. The number of fused-ring (bicyclic) bond motifs is 2. The summed E-state index contributed by atoms with van der Waals surface area (Å²) < 4.78 is 0. The second-order valence-electron chi connectivity index (χ2n) is 9.68. The van der Waals surface area contributed by atoms with E-state index in [1.165, 1.54) is 24.8 Å². The van der Waals surface area contributed by atoms with E-state index in [0.717, 1.165) is 43.4 Å². The number of aliphatic carboxylic acids is 1. The van der Waals surface area contributed by atoms with Crippen LogP contribution in [0.25, 0.3) is 0 Å². The lowest BCUT2D eigenvalue weighted by Gasteiger charge is -2.57. The SMILES string of the molecule is C[C@@]12CC[C@H](O)[C@@H](C=CC(O)CC3C4CCCC43)[C@@H]1CC2=CCCC(=O)O. The summed E-state index contributed by atoms with van der Waals surface area (Å²) >= 11 is 0. The minimum Gasteiger partial charge on any atom is -0.481 e. The van der Waals surface area contributed by atoms with Gasteiger partial charge < -0.3 is 15.3 Å². The van der Waals surface area contributed by atoms with Gasteiger partial charge in [0.25, 0.3) is 0 Å². The molecule has 4 aliphatic carbocycles. The number of allylic oxidation sites excluding steroid dienone is 2. The summed E-state index contributed by atoms with van der Waals surface area (Å²) in [5, 5.41) is 29.8. The molecule has 4 aliphatic rings. The maximum Gasteiger partial charge on any atom is 0.303 e. The Kier molecular flexibility index (Phi) is 5.24. The quantitative estimate of drug-likeness (QED) is 0.590. The van der Waals surface area contributed by atoms with Gasteiger partial charge >= 0.3 is 5.97 Å². The number of carboxylic acids is 1. The van der Waals surface area contributed by atoms with Crippen LogP contribution in [0.4, 0.5) is 0 Å². The van der Waals surface area contributed by atoms with Crippen molar-refractivity contribution in [1.29, 1.82) is 0 Å². The molecule has 150 valence electrons. The smallest absolute Gasteiger partial charge is 0.303 e. The third-order valence-corrected chi connectivity index (χ3v) is 8.26. The fraction of sp³-hybridized carbons (Fsp3) is 0.783. The summed E-state index contributed by atoms with van der Waals surface area (Å²) in [6.45, 7) is 2.27. The Hall–Kier alpha value is -1.13. The Morgan fingerprint density at radius 2 is 2.04 bits per heavy atom. The van der Waals surface area contributed by atoms with Crippen molar-refractivity contribution >= 4 is 5.97 Å². The van der Waals surface area contributed by atoms with Gasteiger partial charge in [-0.05, 0) is 74.0 Å². The van der Waals surface area contributed by atoms with Crippen molar-refractivity contribution in [3.05, 3.63) is 23.8 Å². The lowest BCUT2D eigenvalue weighted by molar-refractivity contribution is -0.136. The molecule has 0 spiro atoms. The van der Waals surface area contributed by atoms with Gasteiger partial charge in [-0.15, -0.1) is 0 Å². The molecule has 4 heteroatoms. The van der Waals surface area contributed by atoms with Gasteiger partial charge in [0.15, 0.2) is 0 Å². The van der Waals surface area contributed by atoms with Crippen LogP contribution in [0.3, 0.4) is 0 Å². The van der Waals surface area contributed by atoms with Crippen molar-refractivity contribution in [2.75, 3.05) is 0 Å². The third kappa shape index (κ3) is 3.63. The molecule has 3 N–H and O–H groups in total. The highest BCUT2D eigenvalue weighted by Crippen LogP contribution is 2.62. The first-order valence-electron chi connectivity index (χ1n) is 10.9. The van der Waals surface area contributed by atoms with E-state index in [4.69, 9.17) is 5.11 Å². The number of carboxylic acid groups (broad SMARTS) is 1. The van der Waals surface area contributed by atoms with E-state index >= 15 is 0 Å². The van der Waals surface area contributed by atoms with E-state index in [1.54, 1.807) is 0 Å². The molecule has 0 aromatic heterocycles. The van der Waals surface area contributed by atoms with E-state index in [1.807, 2.05) is 6.08 Å².